The van der Waals surface area contributed by atoms with E-state index in [0.717, 1.165) is 31.6 Å². The van der Waals surface area contributed by atoms with Crippen molar-refractivity contribution < 1.29 is 0 Å². The number of halogens is 2. The number of nitrogens with two attached hydrogens (primary N) is 1. The minimum absolute atomic E-state index is 0. The Hall–Kier alpha value is -0.0600. The molecule has 14 heavy (non-hydrogen) atoms. The summed E-state index contributed by atoms with van der Waals surface area (Å²) in [7, 11) is 0. The normalized spacial score (nSPS) is 14.3. The highest BCUT2D eigenvalue weighted by atomic mass is 79.9. The van der Waals surface area contributed by atoms with Gasteiger partial charge in [0, 0.05) is 5.69 Å². The second kappa shape index (κ2) is 6.43. The van der Waals surface area contributed by atoms with Gasteiger partial charge in [0.05, 0.1) is 0 Å². The minimum atomic E-state index is 0. The molecule has 0 aliphatic carbocycles. The van der Waals surface area contributed by atoms with E-state index in [1.807, 2.05) is 6.07 Å². The Morgan fingerprint density at radius 3 is 2.36 bits per heavy atom. The van der Waals surface area contributed by atoms with Gasteiger partial charge < -0.3 is 11.1 Å². The molecule has 4 heteroatoms. The summed E-state index contributed by atoms with van der Waals surface area (Å²) in [5, 5.41) is 3.37. The fourth-order valence-corrected chi connectivity index (χ4v) is 1.69. The van der Waals surface area contributed by atoms with Gasteiger partial charge in [-0.25, -0.2) is 0 Å². The zero-order valence-electron chi connectivity index (χ0n) is 7.95. The van der Waals surface area contributed by atoms with Gasteiger partial charge in [0.25, 0.3) is 0 Å². The molecule has 0 bridgehead atoms. The zero-order valence-corrected chi connectivity index (χ0v) is 11.4. The molecule has 1 aromatic rings. The van der Waals surface area contributed by atoms with Gasteiger partial charge in [-0.1, -0.05) is 6.07 Å². The van der Waals surface area contributed by atoms with Crippen LogP contribution in [-0.4, -0.2) is 13.1 Å². The van der Waals surface area contributed by atoms with Crippen LogP contribution in [0.3, 0.4) is 0 Å². The summed E-state index contributed by atoms with van der Waals surface area (Å²) in [6.07, 6.45) is 2.25. The van der Waals surface area contributed by atoms with Crippen molar-refractivity contribution in [2.75, 3.05) is 18.8 Å². The second-order valence-corrected chi connectivity index (χ2v) is 3.28. The Bertz CT molecular complexity index is 289. The number of fused-ring (bicyclic) bond motifs is 1. The Morgan fingerprint density at radius 2 is 1.64 bits per heavy atom. The number of nitrogen functional groups attached to an aromatic ring is 1. The summed E-state index contributed by atoms with van der Waals surface area (Å²) in [5.74, 6) is 0. The second-order valence-electron chi connectivity index (χ2n) is 3.28. The first-order valence-corrected chi connectivity index (χ1v) is 4.44. The summed E-state index contributed by atoms with van der Waals surface area (Å²) in [5.41, 5.74) is 9.47. The zero-order chi connectivity index (χ0) is 8.39. The van der Waals surface area contributed by atoms with E-state index in [2.05, 4.69) is 17.4 Å². The lowest BCUT2D eigenvalue weighted by atomic mass is 10.0. The van der Waals surface area contributed by atoms with E-state index in [-0.39, 0.29) is 34.0 Å². The number of rotatable bonds is 0. The number of hydrogen-bond donors (Lipinski definition) is 2. The SMILES string of the molecule is Br.Br.Nc1ccc2c(c1)CCNCC2. The summed E-state index contributed by atoms with van der Waals surface area (Å²) < 4.78 is 0. The average Bonchev–Trinajstić information content (AvgIpc) is 2.28. The molecular weight excluding hydrogens is 308 g/mol. The van der Waals surface area contributed by atoms with Crippen molar-refractivity contribution in [3.05, 3.63) is 29.3 Å². The topological polar surface area (TPSA) is 38.0 Å². The van der Waals surface area contributed by atoms with E-state index in [4.69, 9.17) is 5.73 Å². The molecule has 0 aromatic heterocycles. The minimum Gasteiger partial charge on any atom is -0.399 e. The van der Waals surface area contributed by atoms with Crippen LogP contribution in [0.1, 0.15) is 11.1 Å². The molecule has 3 N–H and O–H groups in total. The highest BCUT2D eigenvalue weighted by molar-refractivity contribution is 8.93. The van der Waals surface area contributed by atoms with E-state index in [1.165, 1.54) is 11.1 Å². The first-order valence-electron chi connectivity index (χ1n) is 4.44. The number of nitrogens with one attached hydrogen (secondary N) is 1. The Morgan fingerprint density at radius 1 is 1.00 bits per heavy atom. The molecule has 1 aromatic carbocycles. The molecule has 0 radical (unpaired) electrons. The fraction of sp³-hybridized carbons (Fsp3) is 0.400. The summed E-state index contributed by atoms with van der Waals surface area (Å²) >= 11 is 0. The fourth-order valence-electron chi connectivity index (χ4n) is 1.69. The molecule has 2 rings (SSSR count). The Balaban J connectivity index is 0.000000845. The maximum absolute atomic E-state index is 5.71. The first kappa shape index (κ1) is 13.9. The smallest absolute Gasteiger partial charge is 0.0316 e. The van der Waals surface area contributed by atoms with Gasteiger partial charge in [-0.05, 0) is 49.2 Å². The van der Waals surface area contributed by atoms with E-state index in [1.54, 1.807) is 0 Å². The standard InChI is InChI=1S/C10H14N2.2BrH/c11-10-2-1-8-3-5-12-6-4-9(8)7-10;;/h1-2,7,12H,3-6,11H2;2*1H. The van der Waals surface area contributed by atoms with E-state index in [0.29, 0.717) is 0 Å². The van der Waals surface area contributed by atoms with Crippen LogP contribution in [0.5, 0.6) is 0 Å². The summed E-state index contributed by atoms with van der Waals surface area (Å²) in [6.45, 7) is 2.17. The lowest BCUT2D eigenvalue weighted by Crippen LogP contribution is -2.16. The van der Waals surface area contributed by atoms with Crippen LogP contribution >= 0.6 is 34.0 Å². The van der Waals surface area contributed by atoms with E-state index < -0.39 is 0 Å². The van der Waals surface area contributed by atoms with Crippen LogP contribution in [0.15, 0.2) is 18.2 Å². The van der Waals surface area contributed by atoms with Crippen LogP contribution < -0.4 is 11.1 Å². The van der Waals surface area contributed by atoms with Gasteiger partial charge in [-0.2, -0.15) is 0 Å². The molecule has 0 saturated carbocycles. The Labute approximate surface area is 106 Å². The van der Waals surface area contributed by atoms with Crippen molar-refractivity contribution in [3.63, 3.8) is 0 Å². The molecule has 0 amide bonds. The lowest BCUT2D eigenvalue weighted by molar-refractivity contribution is 0.711. The number of anilines is 1. The molecule has 0 atom stereocenters. The van der Waals surface area contributed by atoms with Crippen LogP contribution in [0.2, 0.25) is 0 Å². The molecule has 1 aliphatic rings. The molecule has 0 saturated heterocycles. The van der Waals surface area contributed by atoms with Crippen molar-refractivity contribution >= 4 is 39.7 Å². The van der Waals surface area contributed by atoms with Gasteiger partial charge in [0.15, 0.2) is 0 Å². The predicted molar refractivity (Wildman–Crippen MR) is 71.8 cm³/mol. The maximum Gasteiger partial charge on any atom is 0.0316 e. The number of hydrogen-bond acceptors (Lipinski definition) is 2. The van der Waals surface area contributed by atoms with E-state index in [9.17, 15) is 0 Å². The quantitative estimate of drug-likeness (QED) is 0.718. The van der Waals surface area contributed by atoms with Crippen LogP contribution in [0.25, 0.3) is 0 Å². The average molecular weight is 324 g/mol. The molecule has 80 valence electrons. The van der Waals surface area contributed by atoms with Gasteiger partial charge in [-0.3, -0.25) is 0 Å². The van der Waals surface area contributed by atoms with Crippen molar-refractivity contribution in [1.82, 2.24) is 5.32 Å². The largest absolute Gasteiger partial charge is 0.399 e. The van der Waals surface area contributed by atoms with Gasteiger partial charge in [0.1, 0.15) is 0 Å². The van der Waals surface area contributed by atoms with Gasteiger partial charge in [-0.15, -0.1) is 34.0 Å². The molecule has 0 fully saturated rings. The maximum atomic E-state index is 5.71. The molecule has 0 spiro atoms. The molecule has 1 heterocycles. The summed E-state index contributed by atoms with van der Waals surface area (Å²) in [4.78, 5) is 0. The van der Waals surface area contributed by atoms with Crippen LogP contribution in [0.4, 0.5) is 5.69 Å². The van der Waals surface area contributed by atoms with Gasteiger partial charge >= 0.3 is 0 Å². The number of benzene rings is 1. The summed E-state index contributed by atoms with van der Waals surface area (Å²) in [6, 6.07) is 6.24. The van der Waals surface area contributed by atoms with Crippen molar-refractivity contribution in [1.29, 1.82) is 0 Å². The first-order chi connectivity index (χ1) is 5.86. The van der Waals surface area contributed by atoms with Crippen molar-refractivity contribution in [2.45, 2.75) is 12.8 Å². The molecule has 0 unspecified atom stereocenters. The predicted octanol–water partition coefficient (Wildman–Crippen LogP) is 2.11. The van der Waals surface area contributed by atoms with Crippen LogP contribution in [-0.2, 0) is 12.8 Å². The van der Waals surface area contributed by atoms with E-state index >= 15 is 0 Å². The molecule has 2 nitrogen and oxygen atoms in total. The highest BCUT2D eigenvalue weighted by Gasteiger charge is 2.06. The lowest BCUT2D eigenvalue weighted by Gasteiger charge is -2.04. The highest BCUT2D eigenvalue weighted by Crippen LogP contribution is 2.15. The third-order valence-electron chi connectivity index (χ3n) is 2.37. The Kier molecular flexibility index (Phi) is 6.40. The molecular formula is C10H16Br2N2. The van der Waals surface area contributed by atoms with Crippen molar-refractivity contribution in [3.8, 4) is 0 Å². The monoisotopic (exact) mass is 322 g/mol. The van der Waals surface area contributed by atoms with Crippen molar-refractivity contribution in [2.24, 2.45) is 0 Å². The molecule has 1 aliphatic heterocycles. The van der Waals surface area contributed by atoms with Crippen LogP contribution in [0, 0.1) is 0 Å². The third-order valence-corrected chi connectivity index (χ3v) is 2.37. The third kappa shape index (κ3) is 3.26. The van der Waals surface area contributed by atoms with Gasteiger partial charge in [0.2, 0.25) is 0 Å².